The van der Waals surface area contributed by atoms with Gasteiger partial charge in [0.05, 0.1) is 38.3 Å². The van der Waals surface area contributed by atoms with Crippen molar-refractivity contribution in [3.63, 3.8) is 0 Å². The van der Waals surface area contributed by atoms with Crippen LogP contribution in [0.15, 0.2) is 57.9 Å². The Labute approximate surface area is 201 Å². The maximum atomic E-state index is 13.9. The summed E-state index contributed by atoms with van der Waals surface area (Å²) in [5.41, 5.74) is 2.86. The lowest BCUT2D eigenvalue weighted by Crippen LogP contribution is -2.30. The summed E-state index contributed by atoms with van der Waals surface area (Å²) in [7, 11) is 4.54. The molecule has 2 aromatic carbocycles. The van der Waals surface area contributed by atoms with Gasteiger partial charge in [0.25, 0.3) is 5.91 Å². The first-order valence-corrected chi connectivity index (χ1v) is 11.0. The average molecular weight is 472 g/mol. The molecule has 0 aliphatic carbocycles. The summed E-state index contributed by atoms with van der Waals surface area (Å²) in [5, 5.41) is 0.417. The zero-order valence-electron chi connectivity index (χ0n) is 20.0. The fourth-order valence-electron chi connectivity index (χ4n) is 4.54. The molecule has 0 N–H and O–H groups in total. The van der Waals surface area contributed by atoms with Crippen molar-refractivity contribution in [1.29, 1.82) is 0 Å². The van der Waals surface area contributed by atoms with Crippen LogP contribution >= 0.6 is 0 Å². The number of carbonyl (C=O) groups is 1. The van der Waals surface area contributed by atoms with Crippen molar-refractivity contribution in [2.24, 2.45) is 0 Å². The van der Waals surface area contributed by atoms with Gasteiger partial charge in [-0.1, -0.05) is 6.07 Å². The van der Waals surface area contributed by atoms with Crippen LogP contribution in [0.1, 0.15) is 38.9 Å². The van der Waals surface area contributed by atoms with E-state index >= 15 is 0 Å². The molecule has 0 bridgehead atoms. The summed E-state index contributed by atoms with van der Waals surface area (Å²) in [6, 6.07) is 11.5. The topological polar surface area (TPSA) is 91.1 Å². The number of hydrogen-bond donors (Lipinski definition) is 0. The number of pyridine rings is 1. The standard InChI is InChI=1S/C27H24N2O6/c1-14-10-17-18(11-15(14)2)35-26-22(24(17)30)23(29(27(26)31)21-8-6-7-9-28-21)16-12-19(32-3)25(34-5)20(13-16)33-4/h6-13,23H,1-5H3/t23-/m0/s1. The predicted octanol–water partition coefficient (Wildman–Crippen LogP) is 4.58. The molecule has 1 amide bonds. The van der Waals surface area contributed by atoms with Crippen molar-refractivity contribution < 1.29 is 23.4 Å². The molecule has 0 spiro atoms. The minimum atomic E-state index is -0.816. The summed E-state index contributed by atoms with van der Waals surface area (Å²) in [6.07, 6.45) is 1.59. The number of benzene rings is 2. The minimum Gasteiger partial charge on any atom is -0.493 e. The third-order valence-electron chi connectivity index (χ3n) is 6.39. The number of hydrogen-bond acceptors (Lipinski definition) is 7. The summed E-state index contributed by atoms with van der Waals surface area (Å²) in [4.78, 5) is 33.5. The van der Waals surface area contributed by atoms with Gasteiger partial charge in [-0.2, -0.15) is 0 Å². The molecule has 5 rings (SSSR count). The van der Waals surface area contributed by atoms with Crippen LogP contribution in [0.5, 0.6) is 17.2 Å². The Kier molecular flexibility index (Phi) is 5.43. The molecule has 8 heteroatoms. The predicted molar refractivity (Wildman–Crippen MR) is 131 cm³/mol. The van der Waals surface area contributed by atoms with Crippen molar-refractivity contribution in [1.82, 2.24) is 4.98 Å². The van der Waals surface area contributed by atoms with Crippen molar-refractivity contribution in [3.8, 4) is 17.2 Å². The van der Waals surface area contributed by atoms with Crippen LogP contribution in [-0.2, 0) is 0 Å². The van der Waals surface area contributed by atoms with E-state index < -0.39 is 11.9 Å². The number of rotatable bonds is 5. The molecule has 35 heavy (non-hydrogen) atoms. The van der Waals surface area contributed by atoms with Gasteiger partial charge < -0.3 is 18.6 Å². The highest BCUT2D eigenvalue weighted by atomic mass is 16.5. The fraction of sp³-hybridized carbons (Fsp3) is 0.222. The first-order valence-electron chi connectivity index (χ1n) is 11.0. The lowest BCUT2D eigenvalue weighted by molar-refractivity contribution is 0.0970. The number of anilines is 1. The molecule has 3 heterocycles. The van der Waals surface area contributed by atoms with E-state index in [1.165, 1.54) is 26.2 Å². The van der Waals surface area contributed by atoms with Gasteiger partial charge in [0.15, 0.2) is 16.9 Å². The van der Waals surface area contributed by atoms with E-state index in [4.69, 9.17) is 18.6 Å². The molecule has 0 unspecified atom stereocenters. The van der Waals surface area contributed by atoms with E-state index in [9.17, 15) is 9.59 Å². The quantitative estimate of drug-likeness (QED) is 0.420. The molecule has 178 valence electrons. The summed E-state index contributed by atoms with van der Waals surface area (Å²) < 4.78 is 22.6. The molecule has 0 radical (unpaired) electrons. The maximum absolute atomic E-state index is 13.9. The average Bonchev–Trinajstić information content (AvgIpc) is 3.17. The van der Waals surface area contributed by atoms with Crippen LogP contribution in [0, 0.1) is 13.8 Å². The van der Waals surface area contributed by atoms with Gasteiger partial charge in [-0.15, -0.1) is 0 Å². The third-order valence-corrected chi connectivity index (χ3v) is 6.39. The zero-order valence-corrected chi connectivity index (χ0v) is 20.0. The molecule has 0 fully saturated rings. The number of methoxy groups -OCH3 is 3. The van der Waals surface area contributed by atoms with Gasteiger partial charge in [0.2, 0.25) is 11.5 Å². The minimum absolute atomic E-state index is 0.00448. The van der Waals surface area contributed by atoms with Crippen LogP contribution in [0.25, 0.3) is 11.0 Å². The van der Waals surface area contributed by atoms with Crippen LogP contribution in [0.3, 0.4) is 0 Å². The Balaban J connectivity index is 1.85. The van der Waals surface area contributed by atoms with Crippen molar-refractivity contribution in [2.45, 2.75) is 19.9 Å². The van der Waals surface area contributed by atoms with E-state index in [0.29, 0.717) is 39.6 Å². The largest absolute Gasteiger partial charge is 0.493 e. The second-order valence-corrected chi connectivity index (χ2v) is 8.33. The molecule has 4 aromatic rings. The molecular formula is C27H24N2O6. The number of amides is 1. The molecule has 8 nitrogen and oxygen atoms in total. The number of fused-ring (bicyclic) bond motifs is 2. The van der Waals surface area contributed by atoms with Gasteiger partial charge in [-0.3, -0.25) is 14.5 Å². The van der Waals surface area contributed by atoms with Crippen LogP contribution < -0.4 is 24.5 Å². The number of carbonyl (C=O) groups excluding carboxylic acids is 1. The smallest absolute Gasteiger partial charge is 0.296 e. The van der Waals surface area contributed by atoms with E-state index in [-0.39, 0.29) is 16.8 Å². The van der Waals surface area contributed by atoms with Gasteiger partial charge in [0, 0.05) is 6.20 Å². The van der Waals surface area contributed by atoms with Crippen LogP contribution in [0.4, 0.5) is 5.82 Å². The van der Waals surface area contributed by atoms with E-state index in [2.05, 4.69) is 4.98 Å². The lowest BCUT2D eigenvalue weighted by Gasteiger charge is -2.25. The molecular weight excluding hydrogens is 448 g/mol. The second-order valence-electron chi connectivity index (χ2n) is 8.33. The Bertz CT molecular complexity index is 1500. The zero-order chi connectivity index (χ0) is 24.9. The monoisotopic (exact) mass is 472 g/mol. The van der Waals surface area contributed by atoms with Crippen molar-refractivity contribution in [3.05, 3.63) is 86.9 Å². The van der Waals surface area contributed by atoms with Crippen LogP contribution in [0.2, 0.25) is 0 Å². The van der Waals surface area contributed by atoms with Gasteiger partial charge in [0.1, 0.15) is 11.4 Å². The number of nitrogens with zero attached hydrogens (tertiary/aromatic N) is 2. The number of ether oxygens (including phenoxy) is 3. The third kappa shape index (κ3) is 3.41. The Morgan fingerprint density at radius 2 is 1.60 bits per heavy atom. The Morgan fingerprint density at radius 3 is 2.20 bits per heavy atom. The van der Waals surface area contributed by atoms with E-state index in [1.54, 1.807) is 48.7 Å². The summed E-state index contributed by atoms with van der Waals surface area (Å²) in [6.45, 7) is 3.87. The normalized spacial score (nSPS) is 14.8. The molecule has 2 aromatic heterocycles. The molecule has 1 aliphatic heterocycles. The Hall–Kier alpha value is -4.33. The highest BCUT2D eigenvalue weighted by molar-refractivity contribution is 6.10. The van der Waals surface area contributed by atoms with Gasteiger partial charge in [-0.05, 0) is 66.9 Å². The van der Waals surface area contributed by atoms with E-state index in [1.807, 2.05) is 13.8 Å². The molecule has 1 atom stereocenters. The van der Waals surface area contributed by atoms with Crippen LogP contribution in [-0.4, -0.2) is 32.2 Å². The second kappa shape index (κ2) is 8.47. The SMILES string of the molecule is COc1cc([C@H]2c3c(oc4cc(C)c(C)cc4c3=O)C(=O)N2c2ccccn2)cc(OC)c1OC. The van der Waals surface area contributed by atoms with Gasteiger partial charge in [-0.25, -0.2) is 4.98 Å². The first-order chi connectivity index (χ1) is 16.9. The summed E-state index contributed by atoms with van der Waals surface area (Å²) >= 11 is 0. The molecule has 0 saturated heterocycles. The number of aromatic nitrogens is 1. The lowest BCUT2D eigenvalue weighted by atomic mass is 9.96. The first kappa shape index (κ1) is 22.5. The highest BCUT2D eigenvalue weighted by Crippen LogP contribution is 2.46. The maximum Gasteiger partial charge on any atom is 0.296 e. The molecule has 1 aliphatic rings. The van der Waals surface area contributed by atoms with Crippen molar-refractivity contribution in [2.75, 3.05) is 26.2 Å². The van der Waals surface area contributed by atoms with Crippen molar-refractivity contribution >= 4 is 22.7 Å². The van der Waals surface area contributed by atoms with Gasteiger partial charge >= 0.3 is 0 Å². The number of aryl methyl sites for hydroxylation is 2. The fourth-order valence-corrected chi connectivity index (χ4v) is 4.54. The van der Waals surface area contributed by atoms with E-state index in [0.717, 1.165) is 11.1 Å². The summed E-state index contributed by atoms with van der Waals surface area (Å²) in [5.74, 6) is 1.15. The molecule has 0 saturated carbocycles. The Morgan fingerprint density at radius 1 is 0.914 bits per heavy atom. The highest BCUT2D eigenvalue weighted by Gasteiger charge is 2.45.